The maximum absolute atomic E-state index is 12.0. The third-order valence-corrected chi connectivity index (χ3v) is 2.85. The van der Waals surface area contributed by atoms with Gasteiger partial charge >= 0.3 is 5.91 Å². The minimum Gasteiger partial charge on any atom is -0.497 e. The molecule has 20 heavy (non-hydrogen) atoms. The maximum Gasteiger partial charge on any atom is 0.302 e. The largest absolute Gasteiger partial charge is 0.497 e. The highest BCUT2D eigenvalue weighted by molar-refractivity contribution is 6.05. The Balaban J connectivity index is 2.09. The number of para-hydroxylation sites is 1. The van der Waals surface area contributed by atoms with Crippen LogP contribution < -0.4 is 9.64 Å². The molecule has 100 valence electrons. The first kappa shape index (κ1) is 13.7. The number of anilines is 1. The molecule has 3 nitrogen and oxygen atoms in total. The molecular weight excluding hydrogens is 250 g/mol. The van der Waals surface area contributed by atoms with Crippen molar-refractivity contribution in [1.29, 1.82) is 0 Å². The minimum absolute atomic E-state index is 0.244. The van der Waals surface area contributed by atoms with Crippen LogP contribution in [0.5, 0.6) is 5.75 Å². The summed E-state index contributed by atoms with van der Waals surface area (Å²) in [5.74, 6) is 6.00. The van der Waals surface area contributed by atoms with Crippen LogP contribution in [0.15, 0.2) is 54.6 Å². The van der Waals surface area contributed by atoms with Gasteiger partial charge in [0, 0.05) is 24.2 Å². The first-order valence-corrected chi connectivity index (χ1v) is 6.19. The van der Waals surface area contributed by atoms with E-state index in [0.717, 1.165) is 17.0 Å². The van der Waals surface area contributed by atoms with Crippen molar-refractivity contribution in [2.45, 2.75) is 0 Å². The van der Waals surface area contributed by atoms with Crippen molar-refractivity contribution in [3.63, 3.8) is 0 Å². The summed E-state index contributed by atoms with van der Waals surface area (Å²) in [5.41, 5.74) is 1.60. The average Bonchev–Trinajstić information content (AvgIpc) is 2.53. The molecule has 0 saturated heterocycles. The number of rotatable bonds is 2. The molecule has 0 saturated carbocycles. The van der Waals surface area contributed by atoms with Gasteiger partial charge in [0.05, 0.1) is 7.11 Å². The quantitative estimate of drug-likeness (QED) is 0.781. The number of carbonyl (C=O) groups excluding carboxylic acids is 1. The van der Waals surface area contributed by atoms with Crippen LogP contribution >= 0.6 is 0 Å². The fourth-order valence-corrected chi connectivity index (χ4v) is 1.65. The van der Waals surface area contributed by atoms with E-state index in [-0.39, 0.29) is 5.91 Å². The Kier molecular flexibility index (Phi) is 4.41. The molecule has 0 aliphatic carbocycles. The van der Waals surface area contributed by atoms with Crippen LogP contribution in [0.4, 0.5) is 5.69 Å². The second-order valence-corrected chi connectivity index (χ2v) is 4.18. The van der Waals surface area contributed by atoms with E-state index >= 15 is 0 Å². The van der Waals surface area contributed by atoms with E-state index < -0.39 is 0 Å². The van der Waals surface area contributed by atoms with Gasteiger partial charge in [-0.1, -0.05) is 24.1 Å². The maximum atomic E-state index is 12.0. The fourth-order valence-electron chi connectivity index (χ4n) is 1.65. The summed E-state index contributed by atoms with van der Waals surface area (Å²) in [6.07, 6.45) is 0. The Bertz CT molecular complexity index is 636. The average molecular weight is 265 g/mol. The predicted molar refractivity (Wildman–Crippen MR) is 79.7 cm³/mol. The van der Waals surface area contributed by atoms with Crippen LogP contribution in [0.2, 0.25) is 0 Å². The van der Waals surface area contributed by atoms with Crippen LogP contribution in [0, 0.1) is 11.8 Å². The Morgan fingerprint density at radius 3 is 2.30 bits per heavy atom. The molecule has 2 aromatic carbocycles. The summed E-state index contributed by atoms with van der Waals surface area (Å²) in [6, 6.07) is 16.7. The van der Waals surface area contributed by atoms with Crippen LogP contribution in [-0.2, 0) is 4.79 Å². The summed E-state index contributed by atoms with van der Waals surface area (Å²) >= 11 is 0. The van der Waals surface area contributed by atoms with Crippen molar-refractivity contribution in [1.82, 2.24) is 0 Å². The first-order chi connectivity index (χ1) is 9.70. The highest BCUT2D eigenvalue weighted by atomic mass is 16.5. The van der Waals surface area contributed by atoms with Gasteiger partial charge in [-0.15, -0.1) is 0 Å². The van der Waals surface area contributed by atoms with Crippen molar-refractivity contribution in [2.24, 2.45) is 0 Å². The van der Waals surface area contributed by atoms with Crippen LogP contribution in [0.25, 0.3) is 0 Å². The Labute approximate surface area is 118 Å². The third kappa shape index (κ3) is 3.39. The van der Waals surface area contributed by atoms with E-state index in [1.54, 1.807) is 14.2 Å². The summed E-state index contributed by atoms with van der Waals surface area (Å²) in [5, 5.41) is 0. The molecular formula is C17H15NO2. The fraction of sp³-hybridized carbons (Fsp3) is 0.118. The van der Waals surface area contributed by atoms with Gasteiger partial charge in [-0.2, -0.15) is 0 Å². The minimum atomic E-state index is -0.244. The summed E-state index contributed by atoms with van der Waals surface area (Å²) in [6.45, 7) is 0. The van der Waals surface area contributed by atoms with Crippen LogP contribution in [0.1, 0.15) is 5.56 Å². The van der Waals surface area contributed by atoms with Crippen LogP contribution in [0.3, 0.4) is 0 Å². The van der Waals surface area contributed by atoms with Gasteiger partial charge in [0.15, 0.2) is 0 Å². The first-order valence-electron chi connectivity index (χ1n) is 6.19. The standard InChI is InChI=1S/C17H15NO2/c1-18(15-6-4-3-5-7-15)17(19)13-10-14-8-11-16(20-2)12-9-14/h3-9,11-12H,1-2H3. The van der Waals surface area contributed by atoms with Gasteiger partial charge in [0.25, 0.3) is 0 Å². The van der Waals surface area contributed by atoms with Gasteiger partial charge in [0.1, 0.15) is 5.75 Å². The van der Waals surface area contributed by atoms with Crippen molar-refractivity contribution in [3.8, 4) is 17.6 Å². The zero-order valence-electron chi connectivity index (χ0n) is 11.5. The lowest BCUT2D eigenvalue weighted by Gasteiger charge is -2.13. The number of hydrogen-bond donors (Lipinski definition) is 0. The van der Waals surface area contributed by atoms with E-state index in [9.17, 15) is 4.79 Å². The highest BCUT2D eigenvalue weighted by Crippen LogP contribution is 2.12. The molecule has 0 radical (unpaired) electrons. The number of ether oxygens (including phenoxy) is 1. The van der Waals surface area contributed by atoms with Gasteiger partial charge in [-0.05, 0) is 36.4 Å². The predicted octanol–water partition coefficient (Wildman–Crippen LogP) is 2.71. The summed E-state index contributed by atoms with van der Waals surface area (Å²) < 4.78 is 5.07. The third-order valence-electron chi connectivity index (χ3n) is 2.85. The Morgan fingerprint density at radius 2 is 1.70 bits per heavy atom. The van der Waals surface area contributed by atoms with Crippen molar-refractivity contribution in [2.75, 3.05) is 19.1 Å². The van der Waals surface area contributed by atoms with Gasteiger partial charge in [-0.25, -0.2) is 0 Å². The molecule has 1 amide bonds. The molecule has 0 aliphatic rings. The van der Waals surface area contributed by atoms with Gasteiger partial charge < -0.3 is 9.64 Å². The highest BCUT2D eigenvalue weighted by Gasteiger charge is 2.06. The molecule has 0 aliphatic heterocycles. The van der Waals surface area contributed by atoms with Crippen LogP contribution in [-0.4, -0.2) is 20.1 Å². The normalized spacial score (nSPS) is 9.30. The molecule has 0 spiro atoms. The molecule has 2 aromatic rings. The zero-order valence-corrected chi connectivity index (χ0v) is 11.5. The number of hydrogen-bond acceptors (Lipinski definition) is 2. The molecule has 2 rings (SSSR count). The molecule has 0 fully saturated rings. The van der Waals surface area contributed by atoms with Gasteiger partial charge in [0.2, 0.25) is 0 Å². The van der Waals surface area contributed by atoms with Crippen molar-refractivity contribution in [3.05, 3.63) is 60.2 Å². The van der Waals surface area contributed by atoms with E-state index in [0.29, 0.717) is 0 Å². The zero-order chi connectivity index (χ0) is 14.4. The smallest absolute Gasteiger partial charge is 0.302 e. The van der Waals surface area contributed by atoms with Gasteiger partial charge in [-0.3, -0.25) is 4.79 Å². The molecule has 0 N–H and O–H groups in total. The Morgan fingerprint density at radius 1 is 1.05 bits per heavy atom. The van der Waals surface area contributed by atoms with E-state index in [2.05, 4.69) is 11.8 Å². The SMILES string of the molecule is COc1ccc(C#CC(=O)N(C)c2ccccc2)cc1. The lowest BCUT2D eigenvalue weighted by molar-refractivity contribution is -0.113. The van der Waals surface area contributed by atoms with E-state index in [4.69, 9.17) is 4.74 Å². The summed E-state index contributed by atoms with van der Waals surface area (Å²) in [4.78, 5) is 13.5. The number of carbonyl (C=O) groups is 1. The second kappa shape index (κ2) is 6.44. The lowest BCUT2D eigenvalue weighted by atomic mass is 10.2. The second-order valence-electron chi connectivity index (χ2n) is 4.18. The molecule has 0 atom stereocenters. The number of benzene rings is 2. The molecule has 3 heteroatoms. The van der Waals surface area contributed by atoms with E-state index in [1.807, 2.05) is 54.6 Å². The molecule has 0 aromatic heterocycles. The van der Waals surface area contributed by atoms with E-state index in [1.165, 1.54) is 4.90 Å². The topological polar surface area (TPSA) is 29.5 Å². The lowest BCUT2D eigenvalue weighted by Crippen LogP contribution is -2.24. The van der Waals surface area contributed by atoms with Crippen molar-refractivity contribution < 1.29 is 9.53 Å². The Hall–Kier alpha value is -2.73. The molecule has 0 bridgehead atoms. The molecule has 0 unspecified atom stereocenters. The summed E-state index contributed by atoms with van der Waals surface area (Å²) in [7, 11) is 3.32. The number of amides is 1. The van der Waals surface area contributed by atoms with Crippen molar-refractivity contribution >= 4 is 11.6 Å². The number of methoxy groups -OCH3 is 1. The molecule has 0 heterocycles. The monoisotopic (exact) mass is 265 g/mol. The number of nitrogens with zero attached hydrogens (tertiary/aromatic N) is 1.